The predicted octanol–water partition coefficient (Wildman–Crippen LogP) is 0.551. The van der Waals surface area contributed by atoms with Crippen LogP contribution in [0.2, 0.25) is 0 Å². The summed E-state index contributed by atoms with van der Waals surface area (Å²) in [6, 6.07) is 1.49. The van der Waals surface area contributed by atoms with Crippen molar-refractivity contribution in [2.45, 2.75) is 43.8 Å². The van der Waals surface area contributed by atoms with Crippen molar-refractivity contribution in [2.75, 3.05) is 0 Å². The van der Waals surface area contributed by atoms with Crippen LogP contribution in [0.1, 0.15) is 36.2 Å². The summed E-state index contributed by atoms with van der Waals surface area (Å²) in [4.78, 5) is 11.8. The number of rotatable bonds is 2. The molecule has 2 unspecified atom stereocenters. The number of piperidine rings is 1. The number of fused-ring (bicyclic) bond motifs is 2. The topological polar surface area (TPSA) is 66.9 Å². The van der Waals surface area contributed by atoms with Crippen molar-refractivity contribution in [2.24, 2.45) is 0 Å². The fraction of sp³-hybridized carbons (Fsp3) is 0.700. The van der Waals surface area contributed by atoms with E-state index < -0.39 is 0 Å². The van der Waals surface area contributed by atoms with Gasteiger partial charge in [0.1, 0.15) is 0 Å². The number of carbonyl (C=O) groups excluding carboxylic acids is 1. The lowest BCUT2D eigenvalue weighted by Gasteiger charge is -2.29. The highest BCUT2D eigenvalue weighted by Crippen LogP contribution is 2.26. The summed E-state index contributed by atoms with van der Waals surface area (Å²) < 4.78 is 3.70. The number of hydrogen-bond donors (Lipinski definition) is 2. The Bertz CT molecular complexity index is 368. The highest BCUT2D eigenvalue weighted by atomic mass is 32.1. The molecule has 16 heavy (non-hydrogen) atoms. The third kappa shape index (κ3) is 1.94. The first-order valence-corrected chi connectivity index (χ1v) is 6.49. The number of nitrogens with one attached hydrogen (secondary N) is 2. The molecule has 0 saturated carbocycles. The standard InChI is InChI=1S/C10H14N4OS/c15-10(9-5-16-14-13-9)12-8-3-6-1-2-7(4-8)11-6/h5-8,11H,1-4H2,(H,12,15). The molecule has 2 aliphatic rings. The van der Waals surface area contributed by atoms with E-state index in [1.807, 2.05) is 0 Å². The summed E-state index contributed by atoms with van der Waals surface area (Å²) in [6.07, 6.45) is 4.57. The van der Waals surface area contributed by atoms with Crippen LogP contribution < -0.4 is 10.6 Å². The van der Waals surface area contributed by atoms with Gasteiger partial charge in [-0.25, -0.2) is 0 Å². The Kier molecular flexibility index (Phi) is 2.61. The van der Waals surface area contributed by atoms with Crippen molar-refractivity contribution in [3.8, 4) is 0 Å². The zero-order chi connectivity index (χ0) is 11.0. The van der Waals surface area contributed by atoms with Gasteiger partial charge in [-0.05, 0) is 37.2 Å². The monoisotopic (exact) mass is 238 g/mol. The summed E-state index contributed by atoms with van der Waals surface area (Å²) in [7, 11) is 0. The van der Waals surface area contributed by atoms with Crippen LogP contribution in [0.15, 0.2) is 5.38 Å². The maximum Gasteiger partial charge on any atom is 0.272 e. The van der Waals surface area contributed by atoms with Crippen molar-refractivity contribution in [3.63, 3.8) is 0 Å². The minimum Gasteiger partial charge on any atom is -0.348 e. The summed E-state index contributed by atoms with van der Waals surface area (Å²) in [5, 5.41) is 12.1. The van der Waals surface area contributed by atoms with Crippen LogP contribution in [-0.2, 0) is 0 Å². The van der Waals surface area contributed by atoms with Crippen molar-refractivity contribution >= 4 is 17.4 Å². The van der Waals surface area contributed by atoms with Gasteiger partial charge in [0.25, 0.3) is 5.91 Å². The zero-order valence-corrected chi connectivity index (χ0v) is 9.67. The first-order chi connectivity index (χ1) is 7.81. The molecule has 1 amide bonds. The van der Waals surface area contributed by atoms with Gasteiger partial charge in [-0.1, -0.05) is 4.49 Å². The van der Waals surface area contributed by atoms with E-state index in [4.69, 9.17) is 0 Å². The molecule has 2 atom stereocenters. The second kappa shape index (κ2) is 4.10. The van der Waals surface area contributed by atoms with Gasteiger partial charge in [0.15, 0.2) is 5.69 Å². The van der Waals surface area contributed by atoms with E-state index in [1.165, 1.54) is 24.4 Å². The van der Waals surface area contributed by atoms with Crippen molar-refractivity contribution in [1.82, 2.24) is 20.2 Å². The van der Waals surface area contributed by atoms with E-state index in [0.717, 1.165) is 12.8 Å². The van der Waals surface area contributed by atoms with E-state index in [2.05, 4.69) is 20.2 Å². The minimum absolute atomic E-state index is 0.0833. The number of amides is 1. The Morgan fingerprint density at radius 2 is 2.19 bits per heavy atom. The molecule has 3 rings (SSSR count). The molecule has 5 nitrogen and oxygen atoms in total. The molecule has 86 valence electrons. The minimum atomic E-state index is -0.0833. The van der Waals surface area contributed by atoms with Crippen LogP contribution in [0.3, 0.4) is 0 Å². The largest absolute Gasteiger partial charge is 0.348 e. The Hall–Kier alpha value is -1.01. The van der Waals surface area contributed by atoms with E-state index in [0.29, 0.717) is 23.8 Å². The Labute approximate surface area is 97.8 Å². The van der Waals surface area contributed by atoms with E-state index in [-0.39, 0.29) is 5.91 Å². The van der Waals surface area contributed by atoms with Gasteiger partial charge in [0.05, 0.1) is 0 Å². The zero-order valence-electron chi connectivity index (χ0n) is 8.85. The Balaban J connectivity index is 1.61. The van der Waals surface area contributed by atoms with Crippen molar-refractivity contribution in [3.05, 3.63) is 11.1 Å². The lowest BCUT2D eigenvalue weighted by molar-refractivity contribution is 0.0919. The Morgan fingerprint density at radius 1 is 1.44 bits per heavy atom. The molecule has 2 aliphatic heterocycles. The second-order valence-corrected chi connectivity index (χ2v) is 5.18. The number of nitrogens with zero attached hydrogens (tertiary/aromatic N) is 2. The molecule has 6 heteroatoms. The van der Waals surface area contributed by atoms with E-state index in [1.54, 1.807) is 5.38 Å². The molecule has 2 N–H and O–H groups in total. The number of aromatic nitrogens is 2. The van der Waals surface area contributed by atoms with E-state index in [9.17, 15) is 4.79 Å². The quantitative estimate of drug-likeness (QED) is 0.789. The lowest BCUT2D eigenvalue weighted by atomic mass is 10.00. The fourth-order valence-corrected chi connectivity index (χ4v) is 3.13. The molecule has 0 radical (unpaired) electrons. The smallest absolute Gasteiger partial charge is 0.272 e. The average molecular weight is 238 g/mol. The summed E-state index contributed by atoms with van der Waals surface area (Å²) in [6.45, 7) is 0. The SMILES string of the molecule is O=C(NC1CC2CCC(C1)N2)c1csnn1. The van der Waals surface area contributed by atoms with Crippen LogP contribution in [0.25, 0.3) is 0 Å². The first kappa shape index (κ1) is 10.2. The number of carbonyl (C=O) groups is 1. The first-order valence-electron chi connectivity index (χ1n) is 5.65. The van der Waals surface area contributed by atoms with Gasteiger partial charge in [-0.15, -0.1) is 5.10 Å². The van der Waals surface area contributed by atoms with Crippen LogP contribution in [-0.4, -0.2) is 33.6 Å². The second-order valence-electron chi connectivity index (χ2n) is 4.57. The van der Waals surface area contributed by atoms with Crippen LogP contribution >= 0.6 is 11.5 Å². The van der Waals surface area contributed by atoms with Gasteiger partial charge < -0.3 is 10.6 Å². The third-order valence-corrected chi connectivity index (χ3v) is 3.91. The molecule has 2 fully saturated rings. The summed E-state index contributed by atoms with van der Waals surface area (Å²) in [5.74, 6) is -0.0833. The van der Waals surface area contributed by atoms with Gasteiger partial charge in [0.2, 0.25) is 0 Å². The summed E-state index contributed by atoms with van der Waals surface area (Å²) in [5.41, 5.74) is 0.441. The highest BCUT2D eigenvalue weighted by Gasteiger charge is 2.34. The molecule has 2 bridgehead atoms. The van der Waals surface area contributed by atoms with Gasteiger partial charge in [-0.2, -0.15) is 0 Å². The third-order valence-electron chi connectivity index (χ3n) is 3.40. The normalized spacial score (nSPS) is 32.6. The van der Waals surface area contributed by atoms with Gasteiger partial charge in [0, 0.05) is 23.5 Å². The molecular formula is C10H14N4OS. The van der Waals surface area contributed by atoms with Gasteiger partial charge in [-0.3, -0.25) is 4.79 Å². The summed E-state index contributed by atoms with van der Waals surface area (Å²) >= 11 is 1.21. The highest BCUT2D eigenvalue weighted by molar-refractivity contribution is 7.03. The molecule has 1 aromatic rings. The average Bonchev–Trinajstić information content (AvgIpc) is 2.88. The molecular weight excluding hydrogens is 224 g/mol. The molecule has 2 saturated heterocycles. The molecule has 0 aliphatic carbocycles. The maximum atomic E-state index is 11.8. The Morgan fingerprint density at radius 3 is 2.81 bits per heavy atom. The lowest BCUT2D eigenvalue weighted by Crippen LogP contribution is -2.48. The molecule has 1 aromatic heterocycles. The van der Waals surface area contributed by atoms with Crippen molar-refractivity contribution < 1.29 is 4.79 Å². The molecule has 0 aromatic carbocycles. The molecule has 3 heterocycles. The predicted molar refractivity (Wildman–Crippen MR) is 60.3 cm³/mol. The number of hydrogen-bond acceptors (Lipinski definition) is 5. The van der Waals surface area contributed by atoms with Crippen LogP contribution in [0, 0.1) is 0 Å². The van der Waals surface area contributed by atoms with Crippen LogP contribution in [0.5, 0.6) is 0 Å². The van der Waals surface area contributed by atoms with E-state index >= 15 is 0 Å². The van der Waals surface area contributed by atoms with Crippen LogP contribution in [0.4, 0.5) is 0 Å². The van der Waals surface area contributed by atoms with Gasteiger partial charge >= 0.3 is 0 Å². The fourth-order valence-electron chi connectivity index (χ4n) is 2.70. The van der Waals surface area contributed by atoms with Crippen molar-refractivity contribution in [1.29, 1.82) is 0 Å². The maximum absolute atomic E-state index is 11.8. The molecule has 0 spiro atoms.